The maximum Gasteiger partial charge on any atom is 0.120 e. The zero-order valence-electron chi connectivity index (χ0n) is 5.49. The first kappa shape index (κ1) is 7.27. The van der Waals surface area contributed by atoms with Crippen molar-refractivity contribution in [3.05, 3.63) is 22.0 Å². The molecule has 11 heavy (non-hydrogen) atoms. The lowest BCUT2D eigenvalue weighted by molar-refractivity contribution is 0.275. The number of aromatic nitrogens is 2. The number of fused-ring (bicyclic) bond motifs is 1. The van der Waals surface area contributed by atoms with E-state index in [9.17, 15) is 0 Å². The summed E-state index contributed by atoms with van der Waals surface area (Å²) in [4.78, 5) is 4.99. The van der Waals surface area contributed by atoms with Gasteiger partial charge in [-0.1, -0.05) is 0 Å². The molecule has 2 aromatic heterocycles. The van der Waals surface area contributed by atoms with Crippen molar-refractivity contribution in [1.82, 2.24) is 9.38 Å². The molecule has 0 saturated heterocycles. The van der Waals surface area contributed by atoms with Crippen molar-refractivity contribution in [2.45, 2.75) is 6.61 Å². The van der Waals surface area contributed by atoms with Crippen molar-refractivity contribution in [3.8, 4) is 0 Å². The van der Waals surface area contributed by atoms with E-state index in [1.807, 2.05) is 4.40 Å². The summed E-state index contributed by atoms with van der Waals surface area (Å²) in [5, 5.41) is 8.95. The highest BCUT2D eigenvalue weighted by Gasteiger charge is 2.07. The van der Waals surface area contributed by atoms with E-state index < -0.39 is 0 Å². The smallest absolute Gasteiger partial charge is 0.120 e. The molecule has 0 spiro atoms. The highest BCUT2D eigenvalue weighted by molar-refractivity contribution is 9.11. The minimum atomic E-state index is 0.0386. The summed E-state index contributed by atoms with van der Waals surface area (Å²) < 4.78 is 2.84. The van der Waals surface area contributed by atoms with Gasteiger partial charge in [0, 0.05) is 0 Å². The van der Waals surface area contributed by atoms with E-state index in [0.29, 0.717) is 0 Å². The summed E-state index contributed by atoms with van der Waals surface area (Å²) in [6.45, 7) is 0.0386. The molecule has 58 valence electrons. The predicted octanol–water partition coefficient (Wildman–Crippen LogP) is 1.65. The fourth-order valence-electron chi connectivity index (χ4n) is 0.945. The third kappa shape index (κ3) is 0.998. The van der Waals surface area contributed by atoms with Crippen molar-refractivity contribution in [2.24, 2.45) is 0 Å². The van der Waals surface area contributed by atoms with Gasteiger partial charge in [-0.3, -0.25) is 4.40 Å². The minimum Gasteiger partial charge on any atom is -0.390 e. The Morgan fingerprint density at radius 3 is 3.27 bits per heavy atom. The van der Waals surface area contributed by atoms with Gasteiger partial charge in [0.25, 0.3) is 0 Å². The number of thiazole rings is 1. The van der Waals surface area contributed by atoms with Gasteiger partial charge in [-0.15, -0.1) is 11.3 Å². The Bertz CT molecular complexity index is 381. The summed E-state index contributed by atoms with van der Waals surface area (Å²) in [6.07, 6.45) is 3.47. The summed E-state index contributed by atoms with van der Waals surface area (Å²) >= 11 is 4.93. The van der Waals surface area contributed by atoms with E-state index >= 15 is 0 Å². The number of nitrogens with zero attached hydrogens (tertiary/aromatic N) is 2. The van der Waals surface area contributed by atoms with Crippen LogP contribution in [0.15, 0.2) is 16.3 Å². The van der Waals surface area contributed by atoms with Crippen molar-refractivity contribution in [1.29, 1.82) is 0 Å². The van der Waals surface area contributed by atoms with Gasteiger partial charge in [0.15, 0.2) is 0 Å². The Morgan fingerprint density at radius 1 is 1.73 bits per heavy atom. The average Bonchev–Trinajstić information content (AvgIpc) is 2.46. The van der Waals surface area contributed by atoms with Crippen LogP contribution in [0.25, 0.3) is 4.83 Å². The Kier molecular flexibility index (Phi) is 1.71. The maximum absolute atomic E-state index is 8.95. The van der Waals surface area contributed by atoms with Crippen LogP contribution >= 0.6 is 27.3 Å². The highest BCUT2D eigenvalue weighted by Crippen LogP contribution is 2.28. The number of hydrogen-bond donors (Lipinski definition) is 1. The van der Waals surface area contributed by atoms with Crippen LogP contribution in [0.3, 0.4) is 0 Å². The van der Waals surface area contributed by atoms with Crippen LogP contribution in [0.1, 0.15) is 5.69 Å². The molecule has 0 bridgehead atoms. The van der Waals surface area contributed by atoms with Crippen LogP contribution in [-0.4, -0.2) is 14.5 Å². The first-order chi connectivity index (χ1) is 5.33. The Morgan fingerprint density at radius 2 is 2.55 bits per heavy atom. The van der Waals surface area contributed by atoms with Crippen LogP contribution in [-0.2, 0) is 6.61 Å². The quantitative estimate of drug-likeness (QED) is 0.813. The molecule has 0 fully saturated rings. The Balaban J connectivity index is 2.80. The van der Waals surface area contributed by atoms with E-state index in [0.717, 1.165) is 14.3 Å². The molecule has 0 saturated carbocycles. The largest absolute Gasteiger partial charge is 0.390 e. The van der Waals surface area contributed by atoms with Gasteiger partial charge in [-0.05, 0) is 15.9 Å². The molecule has 2 aromatic rings. The zero-order valence-corrected chi connectivity index (χ0v) is 7.89. The van der Waals surface area contributed by atoms with E-state index in [2.05, 4.69) is 20.9 Å². The lowest BCUT2D eigenvalue weighted by atomic mass is 10.5. The fraction of sp³-hybridized carbons (Fsp3) is 0.167. The lowest BCUT2D eigenvalue weighted by Gasteiger charge is -1.91. The first-order valence-electron chi connectivity index (χ1n) is 3.03. The Labute approximate surface area is 75.4 Å². The molecule has 2 heterocycles. The second-order valence-electron chi connectivity index (χ2n) is 2.08. The molecule has 0 aliphatic heterocycles. The standard InChI is InChI=1S/C6H5BrN2OS/c7-6-4(2-10)9-3-8-1-5(9)11-6/h1,3,10H,2H2. The lowest BCUT2D eigenvalue weighted by Crippen LogP contribution is -1.88. The molecule has 0 atom stereocenters. The molecule has 0 amide bonds. The number of rotatable bonds is 1. The number of aliphatic hydroxyl groups is 1. The molecule has 0 radical (unpaired) electrons. The average molecular weight is 233 g/mol. The summed E-state index contributed by atoms with van der Waals surface area (Å²) in [5.41, 5.74) is 0.863. The van der Waals surface area contributed by atoms with E-state index in [1.54, 1.807) is 23.9 Å². The van der Waals surface area contributed by atoms with Gasteiger partial charge in [0.1, 0.15) is 11.2 Å². The molecule has 0 aliphatic rings. The minimum absolute atomic E-state index is 0.0386. The monoisotopic (exact) mass is 232 g/mol. The topological polar surface area (TPSA) is 37.5 Å². The second kappa shape index (κ2) is 2.58. The number of imidazole rings is 1. The number of hydrogen-bond acceptors (Lipinski definition) is 3. The van der Waals surface area contributed by atoms with Crippen LogP contribution in [0, 0.1) is 0 Å². The molecule has 0 aliphatic carbocycles. The summed E-state index contributed by atoms with van der Waals surface area (Å²) in [6, 6.07) is 0. The molecule has 2 rings (SSSR count). The SMILES string of the molecule is OCc1c(Br)sc2cncn12. The van der Waals surface area contributed by atoms with Gasteiger partial charge in [0.05, 0.1) is 22.3 Å². The van der Waals surface area contributed by atoms with Gasteiger partial charge in [0.2, 0.25) is 0 Å². The van der Waals surface area contributed by atoms with Crippen LogP contribution in [0.2, 0.25) is 0 Å². The van der Waals surface area contributed by atoms with Crippen molar-refractivity contribution < 1.29 is 5.11 Å². The third-order valence-electron chi connectivity index (χ3n) is 1.47. The van der Waals surface area contributed by atoms with Gasteiger partial charge in [-0.2, -0.15) is 0 Å². The highest BCUT2D eigenvalue weighted by atomic mass is 79.9. The van der Waals surface area contributed by atoms with Gasteiger partial charge in [-0.25, -0.2) is 4.98 Å². The maximum atomic E-state index is 8.95. The van der Waals surface area contributed by atoms with Crippen LogP contribution in [0.4, 0.5) is 0 Å². The van der Waals surface area contributed by atoms with Crippen molar-refractivity contribution in [2.75, 3.05) is 0 Å². The number of aliphatic hydroxyl groups excluding tert-OH is 1. The normalized spacial score (nSPS) is 11.1. The second-order valence-corrected chi connectivity index (χ2v) is 4.43. The van der Waals surface area contributed by atoms with E-state index in [1.165, 1.54) is 0 Å². The summed E-state index contributed by atoms with van der Waals surface area (Å²) in [7, 11) is 0. The Hall–Kier alpha value is -0.390. The summed E-state index contributed by atoms with van der Waals surface area (Å²) in [5.74, 6) is 0. The van der Waals surface area contributed by atoms with Crippen molar-refractivity contribution in [3.63, 3.8) is 0 Å². The first-order valence-corrected chi connectivity index (χ1v) is 4.64. The molecule has 0 unspecified atom stereocenters. The zero-order chi connectivity index (χ0) is 7.84. The molecule has 3 nitrogen and oxygen atoms in total. The van der Waals surface area contributed by atoms with E-state index in [4.69, 9.17) is 5.11 Å². The fourth-order valence-corrected chi connectivity index (χ4v) is 2.59. The van der Waals surface area contributed by atoms with Crippen molar-refractivity contribution >= 4 is 32.1 Å². The van der Waals surface area contributed by atoms with Crippen LogP contribution in [0.5, 0.6) is 0 Å². The van der Waals surface area contributed by atoms with E-state index in [-0.39, 0.29) is 6.61 Å². The molecule has 1 N–H and O–H groups in total. The molecule has 0 aromatic carbocycles. The number of halogens is 1. The molecule has 5 heteroatoms. The molecular weight excluding hydrogens is 228 g/mol. The molecular formula is C6H5BrN2OS. The van der Waals surface area contributed by atoms with Crippen LogP contribution < -0.4 is 0 Å². The predicted molar refractivity (Wildman–Crippen MR) is 46.7 cm³/mol. The van der Waals surface area contributed by atoms with Gasteiger partial charge >= 0.3 is 0 Å². The third-order valence-corrected chi connectivity index (χ3v) is 3.34. The van der Waals surface area contributed by atoms with Gasteiger partial charge < -0.3 is 5.11 Å².